The molecule has 0 radical (unpaired) electrons. The number of β-amino-alcohol motifs (C(OH)–C–C–N with tert-alkyl or cyclic N) is 1. The van der Waals surface area contributed by atoms with Crippen LogP contribution in [-0.4, -0.2) is 92.1 Å². The van der Waals surface area contributed by atoms with Crippen LogP contribution in [0.1, 0.15) is 63.0 Å². The van der Waals surface area contributed by atoms with Crippen LogP contribution in [0.2, 0.25) is 0 Å². The van der Waals surface area contributed by atoms with E-state index in [0.717, 1.165) is 16.1 Å². The van der Waals surface area contributed by atoms with Crippen LogP contribution in [-0.2, 0) is 20.9 Å². The SMILES string of the molecule is [2H]c1ncc(C(=O)NCCOc2cc(-c3scnc3C)ccc2CNC(=O)[C@@H]2C[C@@H](O)CN2C(=O)[C@@H](NC(=O)C2(F)CC2)C(C)(C)C)cn1. The standard InChI is InChI=1S/C33H40FN7O6S/c1-19-26(48-18-39-19)20-5-6-21(25(11-20)47-10-9-37-28(43)22-13-35-17-36-14-22)15-38-29(44)24-12-23(42)16-41(24)30(45)27(32(2,3)4)40-31(46)33(34)7-8-33/h5-6,11,13-14,17-18,23-24,27,42H,7-10,12,15-16H2,1-4H3,(H,37,43)(H,38,44)(H,40,46)/t23-,24+,27-/m1/s1/i17D. The Labute approximate surface area is 283 Å². The average molecular weight is 683 g/mol. The van der Waals surface area contributed by atoms with Gasteiger partial charge in [-0.1, -0.05) is 32.9 Å². The first-order chi connectivity index (χ1) is 23.2. The van der Waals surface area contributed by atoms with Crippen LogP contribution in [0.25, 0.3) is 10.4 Å². The second-order valence-corrected chi connectivity index (χ2v) is 14.0. The Hall–Kier alpha value is -4.50. The fourth-order valence-electron chi connectivity index (χ4n) is 5.38. The average Bonchev–Trinajstić information content (AvgIpc) is 3.47. The van der Waals surface area contributed by atoms with E-state index in [-0.39, 0.29) is 57.4 Å². The van der Waals surface area contributed by atoms with Gasteiger partial charge in [0.25, 0.3) is 11.8 Å². The maximum atomic E-state index is 14.5. The normalized spacial score (nSPS) is 19.2. The molecule has 2 aliphatic rings. The van der Waals surface area contributed by atoms with Gasteiger partial charge in [-0.25, -0.2) is 19.3 Å². The number of alkyl halides is 1. The molecule has 3 heterocycles. The fourth-order valence-corrected chi connectivity index (χ4v) is 6.18. The van der Waals surface area contributed by atoms with E-state index in [9.17, 15) is 28.7 Å². The summed E-state index contributed by atoms with van der Waals surface area (Å²) < 4.78 is 27.9. The van der Waals surface area contributed by atoms with Crippen LogP contribution in [0, 0.1) is 12.3 Å². The Morgan fingerprint density at radius 2 is 1.94 bits per heavy atom. The minimum Gasteiger partial charge on any atom is -0.491 e. The summed E-state index contributed by atoms with van der Waals surface area (Å²) in [5.41, 5.74) is 1.50. The zero-order valence-corrected chi connectivity index (χ0v) is 28.0. The van der Waals surface area contributed by atoms with Crippen molar-refractivity contribution in [2.24, 2.45) is 5.41 Å². The van der Waals surface area contributed by atoms with E-state index < -0.39 is 52.9 Å². The predicted molar refractivity (Wildman–Crippen MR) is 175 cm³/mol. The van der Waals surface area contributed by atoms with Crippen molar-refractivity contribution < 1.29 is 34.8 Å². The number of aliphatic hydroxyl groups excluding tert-OH is 1. The van der Waals surface area contributed by atoms with Crippen molar-refractivity contribution in [1.82, 2.24) is 35.8 Å². The maximum absolute atomic E-state index is 14.5. The third-order valence-corrected chi connectivity index (χ3v) is 9.28. The van der Waals surface area contributed by atoms with Crippen LogP contribution in [0.15, 0.2) is 42.4 Å². The molecule has 256 valence electrons. The molecule has 1 saturated heterocycles. The first-order valence-electron chi connectivity index (χ1n) is 16.2. The van der Waals surface area contributed by atoms with Gasteiger partial charge in [0, 0.05) is 37.5 Å². The molecule has 13 nitrogen and oxygen atoms in total. The third kappa shape index (κ3) is 8.13. The monoisotopic (exact) mass is 682 g/mol. The van der Waals surface area contributed by atoms with Crippen molar-refractivity contribution in [3.05, 3.63) is 59.2 Å². The summed E-state index contributed by atoms with van der Waals surface area (Å²) in [6, 6.07) is 3.40. The highest BCUT2D eigenvalue weighted by atomic mass is 32.1. The first kappa shape index (κ1) is 33.4. The Morgan fingerprint density at radius 1 is 1.21 bits per heavy atom. The zero-order chi connectivity index (χ0) is 35.5. The molecular formula is C33H40FN7O6S. The molecule has 1 aromatic carbocycles. The lowest BCUT2D eigenvalue weighted by Crippen LogP contribution is -2.59. The number of aryl methyl sites for hydroxylation is 1. The molecule has 2 fully saturated rings. The molecule has 48 heavy (non-hydrogen) atoms. The number of aliphatic hydroxyl groups is 1. The van der Waals surface area contributed by atoms with Crippen LogP contribution in [0.5, 0.6) is 5.75 Å². The number of ether oxygens (including phenoxy) is 1. The van der Waals surface area contributed by atoms with Gasteiger partial charge in [0.05, 0.1) is 34.3 Å². The van der Waals surface area contributed by atoms with Crippen LogP contribution >= 0.6 is 11.3 Å². The first-order valence-corrected chi connectivity index (χ1v) is 16.5. The molecule has 1 aliphatic heterocycles. The largest absolute Gasteiger partial charge is 0.491 e. The van der Waals surface area contributed by atoms with Gasteiger partial charge < -0.3 is 30.7 Å². The van der Waals surface area contributed by atoms with Crippen molar-refractivity contribution in [3.8, 4) is 16.2 Å². The molecule has 1 aliphatic carbocycles. The highest BCUT2D eigenvalue weighted by Crippen LogP contribution is 2.40. The molecule has 0 bridgehead atoms. The number of thiazole rings is 1. The van der Waals surface area contributed by atoms with E-state index in [1.165, 1.54) is 28.6 Å². The number of nitrogens with one attached hydrogen (secondary N) is 3. The quantitative estimate of drug-likeness (QED) is 0.209. The molecule has 2 aromatic heterocycles. The van der Waals surface area contributed by atoms with E-state index in [0.29, 0.717) is 11.3 Å². The topological polar surface area (TPSA) is 176 Å². The number of hydrogen-bond donors (Lipinski definition) is 4. The number of rotatable bonds is 12. The van der Waals surface area contributed by atoms with Crippen LogP contribution < -0.4 is 20.7 Å². The van der Waals surface area contributed by atoms with Gasteiger partial charge in [-0.15, -0.1) is 11.3 Å². The summed E-state index contributed by atoms with van der Waals surface area (Å²) in [4.78, 5) is 66.3. The van der Waals surface area contributed by atoms with Gasteiger partial charge in [0.15, 0.2) is 5.67 Å². The smallest absolute Gasteiger partial charge is 0.258 e. The maximum Gasteiger partial charge on any atom is 0.258 e. The van der Waals surface area contributed by atoms with E-state index in [1.807, 2.05) is 25.1 Å². The lowest BCUT2D eigenvalue weighted by molar-refractivity contribution is -0.145. The number of aromatic nitrogens is 3. The number of nitrogens with zero attached hydrogens (tertiary/aromatic N) is 4. The number of likely N-dealkylation sites (tertiary alicyclic amines) is 1. The number of benzene rings is 1. The highest BCUT2D eigenvalue weighted by Gasteiger charge is 2.53. The van der Waals surface area contributed by atoms with Gasteiger partial charge in [-0.05, 0) is 36.8 Å². The van der Waals surface area contributed by atoms with Gasteiger partial charge >= 0.3 is 0 Å². The van der Waals surface area contributed by atoms with E-state index >= 15 is 0 Å². The van der Waals surface area contributed by atoms with Crippen molar-refractivity contribution >= 4 is 35.0 Å². The Morgan fingerprint density at radius 3 is 2.58 bits per heavy atom. The molecule has 4 N–H and O–H groups in total. The van der Waals surface area contributed by atoms with Crippen molar-refractivity contribution in [2.75, 3.05) is 19.7 Å². The van der Waals surface area contributed by atoms with Crippen LogP contribution in [0.3, 0.4) is 0 Å². The summed E-state index contributed by atoms with van der Waals surface area (Å²) in [5, 5.41) is 18.6. The van der Waals surface area contributed by atoms with Crippen molar-refractivity contribution in [3.63, 3.8) is 0 Å². The van der Waals surface area contributed by atoms with Gasteiger partial charge in [-0.2, -0.15) is 0 Å². The number of hydrogen-bond acceptors (Lipinski definition) is 10. The minimum absolute atomic E-state index is 0.00234. The number of carbonyl (C=O) groups is 4. The van der Waals surface area contributed by atoms with Gasteiger partial charge in [0.2, 0.25) is 11.8 Å². The summed E-state index contributed by atoms with van der Waals surface area (Å²) in [5.74, 6) is -1.89. The minimum atomic E-state index is -1.98. The third-order valence-electron chi connectivity index (χ3n) is 8.31. The molecule has 3 aromatic rings. The lowest BCUT2D eigenvalue weighted by atomic mass is 9.85. The fraction of sp³-hybridized carbons (Fsp3) is 0.485. The number of halogens is 1. The summed E-state index contributed by atoms with van der Waals surface area (Å²) in [6.45, 7) is 7.26. The molecular weight excluding hydrogens is 641 g/mol. The summed E-state index contributed by atoms with van der Waals surface area (Å²) >= 11 is 1.47. The van der Waals surface area contributed by atoms with E-state index in [1.54, 1.807) is 26.3 Å². The van der Waals surface area contributed by atoms with Crippen molar-refractivity contribution in [2.45, 2.75) is 77.4 Å². The Kier molecular flexibility index (Phi) is 9.96. The lowest BCUT2D eigenvalue weighted by Gasteiger charge is -2.35. The number of amides is 4. The Balaban J connectivity index is 1.27. The van der Waals surface area contributed by atoms with Crippen LogP contribution in [0.4, 0.5) is 4.39 Å². The molecule has 0 unspecified atom stereocenters. The van der Waals surface area contributed by atoms with Gasteiger partial charge in [-0.3, -0.25) is 19.2 Å². The summed E-state index contributed by atoms with van der Waals surface area (Å²) in [6.07, 6.45) is 1.56. The zero-order valence-electron chi connectivity index (χ0n) is 28.2. The van der Waals surface area contributed by atoms with Gasteiger partial charge in [0.1, 0.15) is 32.1 Å². The number of carbonyl (C=O) groups excluding carboxylic acids is 4. The molecule has 4 amide bonds. The highest BCUT2D eigenvalue weighted by molar-refractivity contribution is 7.13. The second kappa shape index (κ2) is 14.3. The van der Waals surface area contributed by atoms with E-state index in [2.05, 4.69) is 30.9 Å². The molecule has 15 heteroatoms. The van der Waals surface area contributed by atoms with Crippen molar-refractivity contribution in [1.29, 1.82) is 0 Å². The second-order valence-electron chi connectivity index (χ2n) is 13.1. The Bertz CT molecular complexity index is 1710. The summed E-state index contributed by atoms with van der Waals surface area (Å²) in [7, 11) is 0. The molecule has 0 spiro atoms. The molecule has 1 saturated carbocycles. The molecule has 5 rings (SSSR count). The van der Waals surface area contributed by atoms with E-state index in [4.69, 9.17) is 6.11 Å². The predicted octanol–water partition coefficient (Wildman–Crippen LogP) is 2.33. The molecule has 3 atom stereocenters.